The number of ether oxygens (including phenoxy) is 1. The number of hydrogen-bond donors (Lipinski definition) is 1. The minimum atomic E-state index is -0.839. The fraction of sp³-hybridized carbons (Fsp3) is 0.333. The number of carbonyl (C=O) groups excluding carboxylic acids is 1. The van der Waals surface area contributed by atoms with Crippen molar-refractivity contribution >= 4 is 11.9 Å². The number of aliphatic carboxylic acids is 1. The maximum absolute atomic E-state index is 12.2. The Labute approximate surface area is 117 Å². The Morgan fingerprint density at radius 3 is 2.65 bits per heavy atom. The lowest BCUT2D eigenvalue weighted by atomic mass is 10.1. The van der Waals surface area contributed by atoms with Crippen LogP contribution in [0.5, 0.6) is 5.75 Å². The highest BCUT2D eigenvalue weighted by Crippen LogP contribution is 2.20. The fourth-order valence-corrected chi connectivity index (χ4v) is 2.18. The van der Waals surface area contributed by atoms with Gasteiger partial charge < -0.3 is 14.7 Å². The average Bonchev–Trinajstić information content (AvgIpc) is 2.95. The lowest BCUT2D eigenvalue weighted by molar-refractivity contribution is -0.141. The van der Waals surface area contributed by atoms with E-state index in [4.69, 9.17) is 9.84 Å². The molecule has 1 heterocycles. The Bertz CT molecular complexity index is 509. The third-order valence-corrected chi connectivity index (χ3v) is 3.29. The number of hydrogen-bond acceptors (Lipinski definition) is 3. The molecular formula is C15H17NO4. The van der Waals surface area contributed by atoms with Gasteiger partial charge in [0.2, 0.25) is 0 Å². The summed E-state index contributed by atoms with van der Waals surface area (Å²) in [7, 11) is 0. The van der Waals surface area contributed by atoms with E-state index in [2.05, 4.69) is 6.58 Å². The first kappa shape index (κ1) is 14.1. The number of amides is 1. The second kappa shape index (κ2) is 6.23. The van der Waals surface area contributed by atoms with Crippen LogP contribution in [-0.2, 0) is 4.79 Å². The summed E-state index contributed by atoms with van der Waals surface area (Å²) in [5, 5.41) is 8.94. The highest BCUT2D eigenvalue weighted by molar-refractivity contribution is 5.94. The van der Waals surface area contributed by atoms with E-state index in [0.717, 1.165) is 0 Å². The van der Waals surface area contributed by atoms with Crippen LogP contribution in [0.2, 0.25) is 0 Å². The SMILES string of the molecule is C=CCOc1ccc(C(=O)N2CCC(C(=O)O)C2)cc1. The van der Waals surface area contributed by atoms with Crippen molar-refractivity contribution in [2.45, 2.75) is 6.42 Å². The standard InChI is InChI=1S/C15H17NO4/c1-2-9-20-13-5-3-11(4-6-13)14(17)16-8-7-12(10-16)15(18)19/h2-6,12H,1,7-10H2,(H,18,19). The summed E-state index contributed by atoms with van der Waals surface area (Å²) in [6.45, 7) is 4.75. The molecule has 20 heavy (non-hydrogen) atoms. The number of carboxylic acids is 1. The molecule has 0 aliphatic carbocycles. The molecule has 1 aliphatic rings. The Morgan fingerprint density at radius 2 is 2.10 bits per heavy atom. The van der Waals surface area contributed by atoms with E-state index >= 15 is 0 Å². The molecule has 0 spiro atoms. The van der Waals surface area contributed by atoms with E-state index in [1.807, 2.05) is 0 Å². The fourth-order valence-electron chi connectivity index (χ4n) is 2.18. The topological polar surface area (TPSA) is 66.8 Å². The highest BCUT2D eigenvalue weighted by atomic mass is 16.5. The largest absolute Gasteiger partial charge is 0.490 e. The van der Waals surface area contributed by atoms with E-state index in [9.17, 15) is 9.59 Å². The summed E-state index contributed by atoms with van der Waals surface area (Å²) in [4.78, 5) is 24.7. The van der Waals surface area contributed by atoms with E-state index in [1.165, 1.54) is 0 Å². The second-order valence-corrected chi connectivity index (χ2v) is 4.70. The minimum Gasteiger partial charge on any atom is -0.490 e. The summed E-state index contributed by atoms with van der Waals surface area (Å²) in [6.07, 6.45) is 2.16. The number of likely N-dealkylation sites (tertiary alicyclic amines) is 1. The zero-order valence-corrected chi connectivity index (χ0v) is 11.1. The van der Waals surface area contributed by atoms with Gasteiger partial charge in [0, 0.05) is 18.7 Å². The normalized spacial score (nSPS) is 17.8. The summed E-state index contributed by atoms with van der Waals surface area (Å²) in [5.41, 5.74) is 0.544. The van der Waals surface area contributed by atoms with Crippen LogP contribution in [0.3, 0.4) is 0 Å². The molecule has 1 saturated heterocycles. The summed E-state index contributed by atoms with van der Waals surface area (Å²) in [6, 6.07) is 6.83. The molecule has 1 aliphatic heterocycles. The van der Waals surface area contributed by atoms with Crippen molar-refractivity contribution in [3.05, 3.63) is 42.5 Å². The molecule has 1 unspecified atom stereocenters. The van der Waals surface area contributed by atoms with E-state index < -0.39 is 11.9 Å². The molecule has 0 saturated carbocycles. The van der Waals surface area contributed by atoms with Crippen LogP contribution < -0.4 is 4.74 Å². The van der Waals surface area contributed by atoms with Crippen LogP contribution in [0.25, 0.3) is 0 Å². The molecule has 1 aromatic carbocycles. The monoisotopic (exact) mass is 275 g/mol. The molecule has 1 fully saturated rings. The van der Waals surface area contributed by atoms with Gasteiger partial charge in [-0.05, 0) is 30.7 Å². The molecule has 2 rings (SSSR count). The van der Waals surface area contributed by atoms with Gasteiger partial charge in [0.1, 0.15) is 12.4 Å². The molecule has 0 radical (unpaired) electrons. The number of carbonyl (C=O) groups is 2. The van der Waals surface area contributed by atoms with Gasteiger partial charge in [0.15, 0.2) is 0 Å². The Kier molecular flexibility index (Phi) is 4.40. The number of rotatable bonds is 5. The van der Waals surface area contributed by atoms with Crippen LogP contribution in [0, 0.1) is 5.92 Å². The van der Waals surface area contributed by atoms with Crippen LogP contribution in [-0.4, -0.2) is 41.6 Å². The van der Waals surface area contributed by atoms with Gasteiger partial charge in [-0.3, -0.25) is 9.59 Å². The van der Waals surface area contributed by atoms with Crippen molar-refractivity contribution in [3.63, 3.8) is 0 Å². The molecular weight excluding hydrogens is 258 g/mol. The third-order valence-electron chi connectivity index (χ3n) is 3.29. The maximum Gasteiger partial charge on any atom is 0.308 e. The predicted molar refractivity (Wildman–Crippen MR) is 73.8 cm³/mol. The van der Waals surface area contributed by atoms with Gasteiger partial charge in [-0.15, -0.1) is 0 Å². The van der Waals surface area contributed by atoms with Crippen molar-refractivity contribution in [2.24, 2.45) is 5.92 Å². The van der Waals surface area contributed by atoms with Crippen LogP contribution in [0.1, 0.15) is 16.8 Å². The summed E-state index contributed by atoms with van der Waals surface area (Å²) >= 11 is 0. The Morgan fingerprint density at radius 1 is 1.40 bits per heavy atom. The number of benzene rings is 1. The van der Waals surface area contributed by atoms with Crippen molar-refractivity contribution in [1.82, 2.24) is 4.90 Å². The molecule has 0 aromatic heterocycles. The van der Waals surface area contributed by atoms with Crippen molar-refractivity contribution in [2.75, 3.05) is 19.7 Å². The lowest BCUT2D eigenvalue weighted by Gasteiger charge is -2.16. The first-order valence-corrected chi connectivity index (χ1v) is 6.47. The van der Waals surface area contributed by atoms with Crippen molar-refractivity contribution < 1.29 is 19.4 Å². The average molecular weight is 275 g/mol. The number of nitrogens with zero attached hydrogens (tertiary/aromatic N) is 1. The summed E-state index contributed by atoms with van der Waals surface area (Å²) in [5.74, 6) is -0.752. The predicted octanol–water partition coefficient (Wildman–Crippen LogP) is 1.80. The van der Waals surface area contributed by atoms with Crippen LogP contribution >= 0.6 is 0 Å². The van der Waals surface area contributed by atoms with E-state index in [-0.39, 0.29) is 12.5 Å². The Balaban J connectivity index is 1.99. The van der Waals surface area contributed by atoms with E-state index in [0.29, 0.717) is 30.9 Å². The molecule has 106 valence electrons. The number of carboxylic acid groups (broad SMARTS) is 1. The molecule has 1 N–H and O–H groups in total. The Hall–Kier alpha value is -2.30. The smallest absolute Gasteiger partial charge is 0.308 e. The molecule has 5 nitrogen and oxygen atoms in total. The quantitative estimate of drug-likeness (QED) is 0.832. The zero-order valence-electron chi connectivity index (χ0n) is 11.1. The van der Waals surface area contributed by atoms with E-state index in [1.54, 1.807) is 35.2 Å². The van der Waals surface area contributed by atoms with Gasteiger partial charge in [-0.1, -0.05) is 12.7 Å². The van der Waals surface area contributed by atoms with Crippen LogP contribution in [0.15, 0.2) is 36.9 Å². The summed E-state index contributed by atoms with van der Waals surface area (Å²) < 4.78 is 5.34. The molecule has 1 amide bonds. The molecule has 0 bridgehead atoms. The van der Waals surface area contributed by atoms with Crippen LogP contribution in [0.4, 0.5) is 0 Å². The molecule has 1 atom stereocenters. The van der Waals surface area contributed by atoms with Gasteiger partial charge in [-0.25, -0.2) is 0 Å². The molecule has 5 heteroatoms. The van der Waals surface area contributed by atoms with Gasteiger partial charge in [0.05, 0.1) is 5.92 Å². The zero-order chi connectivity index (χ0) is 14.5. The highest BCUT2D eigenvalue weighted by Gasteiger charge is 2.31. The van der Waals surface area contributed by atoms with Gasteiger partial charge in [-0.2, -0.15) is 0 Å². The van der Waals surface area contributed by atoms with Gasteiger partial charge >= 0.3 is 5.97 Å². The first-order chi connectivity index (χ1) is 9.61. The van der Waals surface area contributed by atoms with Crippen molar-refractivity contribution in [1.29, 1.82) is 0 Å². The minimum absolute atomic E-state index is 0.135. The lowest BCUT2D eigenvalue weighted by Crippen LogP contribution is -2.29. The first-order valence-electron chi connectivity index (χ1n) is 6.47. The third kappa shape index (κ3) is 3.17. The molecule has 1 aromatic rings. The van der Waals surface area contributed by atoms with Crippen molar-refractivity contribution in [3.8, 4) is 5.75 Å². The maximum atomic E-state index is 12.2. The second-order valence-electron chi connectivity index (χ2n) is 4.70. The van der Waals surface area contributed by atoms with Gasteiger partial charge in [0.25, 0.3) is 5.91 Å².